The van der Waals surface area contributed by atoms with Crippen molar-refractivity contribution in [2.75, 3.05) is 25.0 Å². The summed E-state index contributed by atoms with van der Waals surface area (Å²) in [5, 5.41) is 3.12. The quantitative estimate of drug-likeness (QED) is 0.845. The molecule has 0 bridgehead atoms. The molecule has 1 saturated heterocycles. The van der Waals surface area contributed by atoms with Crippen molar-refractivity contribution in [2.24, 2.45) is 0 Å². The first-order chi connectivity index (χ1) is 9.05. The van der Waals surface area contributed by atoms with Gasteiger partial charge in [-0.3, -0.25) is 4.79 Å². The van der Waals surface area contributed by atoms with Gasteiger partial charge in [-0.1, -0.05) is 0 Å². The smallest absolute Gasteiger partial charge is 0.255 e. The highest BCUT2D eigenvalue weighted by Crippen LogP contribution is 2.28. The van der Waals surface area contributed by atoms with Gasteiger partial charge in [0.25, 0.3) is 11.8 Å². The van der Waals surface area contributed by atoms with Gasteiger partial charge in [0.15, 0.2) is 0 Å². The van der Waals surface area contributed by atoms with Gasteiger partial charge in [-0.15, -0.1) is 0 Å². The summed E-state index contributed by atoms with van der Waals surface area (Å²) in [5.74, 6) is -2.00. The number of halogens is 2. The van der Waals surface area contributed by atoms with E-state index in [0.717, 1.165) is 24.3 Å². The van der Waals surface area contributed by atoms with Gasteiger partial charge in [-0.25, -0.2) is 13.8 Å². The maximum absolute atomic E-state index is 13.1. The normalized spacial score (nSPS) is 20.8. The van der Waals surface area contributed by atoms with Gasteiger partial charge in [-0.05, 0) is 18.1 Å². The molecule has 0 atom stereocenters. The number of nitrogens with zero attached hydrogens (tertiary/aromatic N) is 2. The van der Waals surface area contributed by atoms with Crippen LogP contribution in [0.25, 0.3) is 0 Å². The fourth-order valence-corrected chi connectivity index (χ4v) is 2.51. The molecule has 0 saturated carbocycles. The third-order valence-corrected chi connectivity index (χ3v) is 3.68. The van der Waals surface area contributed by atoms with Crippen LogP contribution >= 0.6 is 0 Å². The Morgan fingerprint density at radius 1 is 1.37 bits per heavy atom. The van der Waals surface area contributed by atoms with Crippen molar-refractivity contribution in [2.45, 2.75) is 25.2 Å². The second kappa shape index (κ2) is 4.43. The Hall–Kier alpha value is -1.72. The van der Waals surface area contributed by atoms with Gasteiger partial charge in [0.05, 0.1) is 5.56 Å². The van der Waals surface area contributed by atoms with Gasteiger partial charge in [0.1, 0.15) is 5.82 Å². The van der Waals surface area contributed by atoms with Crippen LogP contribution in [0.3, 0.4) is 0 Å². The van der Waals surface area contributed by atoms with Gasteiger partial charge in [-0.2, -0.15) is 0 Å². The first-order valence-corrected chi connectivity index (χ1v) is 6.45. The molecule has 0 radical (unpaired) electrons. The summed E-state index contributed by atoms with van der Waals surface area (Å²) in [7, 11) is 0. The Bertz CT molecular complexity index is 509. The zero-order valence-corrected chi connectivity index (χ0v) is 10.5. The van der Waals surface area contributed by atoms with Crippen LogP contribution in [-0.2, 0) is 6.42 Å². The van der Waals surface area contributed by atoms with Crippen molar-refractivity contribution in [3.05, 3.63) is 23.4 Å². The second-order valence-corrected chi connectivity index (χ2v) is 5.06. The van der Waals surface area contributed by atoms with E-state index < -0.39 is 5.92 Å². The number of alkyl halides is 2. The van der Waals surface area contributed by atoms with Crippen LogP contribution in [0.5, 0.6) is 0 Å². The molecule has 102 valence electrons. The summed E-state index contributed by atoms with van der Waals surface area (Å²) in [6.07, 6.45) is 1.87. The average molecular weight is 267 g/mol. The monoisotopic (exact) mass is 267 g/mol. The molecule has 1 aromatic heterocycles. The molecule has 3 heterocycles. The molecule has 1 aromatic rings. The Morgan fingerprint density at radius 2 is 2.11 bits per heavy atom. The third kappa shape index (κ3) is 2.39. The summed E-state index contributed by atoms with van der Waals surface area (Å²) in [5.41, 5.74) is 1.51. The molecular weight excluding hydrogens is 252 g/mol. The maximum Gasteiger partial charge on any atom is 0.255 e. The lowest BCUT2D eigenvalue weighted by atomic mass is 10.1. The number of fused-ring (bicyclic) bond motifs is 1. The highest BCUT2D eigenvalue weighted by Gasteiger charge is 2.35. The molecule has 1 fully saturated rings. The minimum absolute atomic E-state index is 0.112. The summed E-state index contributed by atoms with van der Waals surface area (Å²) in [4.78, 5) is 17.9. The highest BCUT2D eigenvalue weighted by atomic mass is 19.3. The van der Waals surface area contributed by atoms with E-state index in [0.29, 0.717) is 5.56 Å². The molecule has 1 N–H and O–H groups in total. The van der Waals surface area contributed by atoms with Gasteiger partial charge in [0.2, 0.25) is 0 Å². The van der Waals surface area contributed by atoms with E-state index >= 15 is 0 Å². The molecule has 19 heavy (non-hydrogen) atoms. The van der Waals surface area contributed by atoms with E-state index in [-0.39, 0.29) is 31.8 Å². The van der Waals surface area contributed by atoms with Crippen molar-refractivity contribution >= 4 is 11.7 Å². The van der Waals surface area contributed by atoms with E-state index in [1.165, 1.54) is 11.1 Å². The number of rotatable bonds is 1. The van der Waals surface area contributed by atoms with E-state index in [1.807, 2.05) is 6.07 Å². The number of hydrogen-bond acceptors (Lipinski definition) is 3. The molecule has 1 amide bonds. The molecule has 0 unspecified atom stereocenters. The minimum Gasteiger partial charge on any atom is -0.370 e. The number of nitrogens with one attached hydrogen (secondary N) is 1. The Balaban J connectivity index is 1.74. The van der Waals surface area contributed by atoms with Gasteiger partial charge >= 0.3 is 0 Å². The van der Waals surface area contributed by atoms with Crippen LogP contribution < -0.4 is 5.32 Å². The number of likely N-dealkylation sites (tertiary alicyclic amines) is 1. The fourth-order valence-electron chi connectivity index (χ4n) is 2.51. The lowest BCUT2D eigenvalue weighted by Crippen LogP contribution is -2.42. The van der Waals surface area contributed by atoms with Crippen molar-refractivity contribution in [3.8, 4) is 0 Å². The highest BCUT2D eigenvalue weighted by molar-refractivity contribution is 5.94. The van der Waals surface area contributed by atoms with Crippen LogP contribution in [0.1, 0.15) is 28.8 Å². The van der Waals surface area contributed by atoms with Gasteiger partial charge < -0.3 is 10.2 Å². The number of pyridine rings is 1. The zero-order valence-electron chi connectivity index (χ0n) is 10.5. The summed E-state index contributed by atoms with van der Waals surface area (Å²) >= 11 is 0. The topological polar surface area (TPSA) is 45.2 Å². The lowest BCUT2D eigenvalue weighted by molar-refractivity contribution is -0.0494. The Morgan fingerprint density at radius 3 is 2.84 bits per heavy atom. The number of amides is 1. The largest absolute Gasteiger partial charge is 0.370 e. The number of hydrogen-bond donors (Lipinski definition) is 1. The first kappa shape index (κ1) is 12.3. The van der Waals surface area contributed by atoms with Crippen LogP contribution in [-0.4, -0.2) is 41.3 Å². The summed E-state index contributed by atoms with van der Waals surface area (Å²) in [6.45, 7) is 1.05. The van der Waals surface area contributed by atoms with Crippen molar-refractivity contribution < 1.29 is 13.6 Å². The molecule has 3 rings (SSSR count). The van der Waals surface area contributed by atoms with E-state index in [2.05, 4.69) is 10.3 Å². The molecule has 0 aromatic carbocycles. The van der Waals surface area contributed by atoms with Crippen molar-refractivity contribution in [1.82, 2.24) is 9.88 Å². The molecule has 0 aliphatic carbocycles. The molecule has 2 aliphatic heterocycles. The van der Waals surface area contributed by atoms with Crippen LogP contribution in [0.2, 0.25) is 0 Å². The van der Waals surface area contributed by atoms with Crippen molar-refractivity contribution in [1.29, 1.82) is 0 Å². The minimum atomic E-state index is -2.63. The van der Waals surface area contributed by atoms with E-state index in [9.17, 15) is 13.6 Å². The lowest BCUT2D eigenvalue weighted by Gasteiger charge is -2.31. The third-order valence-electron chi connectivity index (χ3n) is 3.68. The Labute approximate surface area is 109 Å². The average Bonchev–Trinajstić information content (AvgIpc) is 2.85. The van der Waals surface area contributed by atoms with E-state index in [4.69, 9.17) is 0 Å². The number of aromatic nitrogens is 1. The van der Waals surface area contributed by atoms with Crippen LogP contribution in [0.4, 0.5) is 14.6 Å². The molecule has 4 nitrogen and oxygen atoms in total. The predicted molar refractivity (Wildman–Crippen MR) is 66.5 cm³/mol. The van der Waals surface area contributed by atoms with E-state index in [1.54, 1.807) is 0 Å². The maximum atomic E-state index is 13.1. The van der Waals surface area contributed by atoms with Gasteiger partial charge in [0, 0.05) is 38.7 Å². The second-order valence-electron chi connectivity index (χ2n) is 5.06. The summed E-state index contributed by atoms with van der Waals surface area (Å²) < 4.78 is 26.1. The number of piperidine rings is 1. The van der Waals surface area contributed by atoms with Crippen LogP contribution in [0, 0.1) is 0 Å². The predicted octanol–water partition coefficient (Wildman–Crippen LogP) is 1.92. The SMILES string of the molecule is O=C(c1cnc2c(c1)CCN2)N1CCC(F)(F)CC1. The molecule has 0 spiro atoms. The molecule has 2 aliphatic rings. The van der Waals surface area contributed by atoms with Crippen molar-refractivity contribution in [3.63, 3.8) is 0 Å². The fraction of sp³-hybridized carbons (Fsp3) is 0.538. The molecule has 6 heteroatoms. The van der Waals surface area contributed by atoms with Crippen LogP contribution in [0.15, 0.2) is 12.3 Å². The zero-order chi connectivity index (χ0) is 13.5. The Kier molecular flexibility index (Phi) is 2.88. The standard InChI is InChI=1S/C13H15F2N3O/c14-13(15)2-5-18(6-3-13)12(19)10-7-9-1-4-16-11(9)17-8-10/h7-8H,1-6H2,(H,16,17). The first-order valence-electron chi connectivity index (χ1n) is 6.45. The number of carbonyl (C=O) groups excluding carboxylic acids is 1. The number of carbonyl (C=O) groups is 1. The summed E-state index contributed by atoms with van der Waals surface area (Å²) in [6, 6.07) is 1.82. The number of anilines is 1. The molecular formula is C13H15F2N3O.